The molecule has 0 unspecified atom stereocenters. The maximum Gasteiger partial charge on any atom is 0.245 e. The molecule has 0 radical (unpaired) electrons. The average Bonchev–Trinajstić information content (AvgIpc) is 3.42. The molecule has 0 saturated carbocycles. The van der Waals surface area contributed by atoms with Crippen LogP contribution in [0, 0.1) is 11.3 Å². The standard InChI is InChI=1S/C26H20N6O3S2/c27-15-18-6-9-24(29-16-18)31-11-13-32(14-12-31)37(33,34)26-20-17-35-30-21(20)7-8-23(26)36-22-5-1-3-19-4-2-10-28-25(19)22/h1-10,16-17H,11-14H2. The molecule has 1 fully saturated rings. The number of aromatic nitrogens is 3. The van der Waals surface area contributed by atoms with Crippen molar-refractivity contribution < 1.29 is 12.9 Å². The molecule has 4 heterocycles. The van der Waals surface area contributed by atoms with Gasteiger partial charge in [0.2, 0.25) is 10.0 Å². The number of hydrogen-bond acceptors (Lipinski definition) is 9. The van der Waals surface area contributed by atoms with Gasteiger partial charge in [0.15, 0.2) is 0 Å². The molecule has 37 heavy (non-hydrogen) atoms. The molecule has 0 bridgehead atoms. The van der Waals surface area contributed by atoms with Gasteiger partial charge in [0.25, 0.3) is 0 Å². The van der Waals surface area contributed by atoms with E-state index in [9.17, 15) is 8.42 Å². The number of rotatable bonds is 5. The molecule has 0 atom stereocenters. The Morgan fingerprint density at radius 2 is 1.78 bits per heavy atom. The molecule has 0 spiro atoms. The van der Waals surface area contributed by atoms with Crippen LogP contribution in [0.1, 0.15) is 5.56 Å². The van der Waals surface area contributed by atoms with Gasteiger partial charge in [-0.1, -0.05) is 35.1 Å². The lowest BCUT2D eigenvalue weighted by Crippen LogP contribution is -2.49. The van der Waals surface area contributed by atoms with Crippen molar-refractivity contribution in [2.45, 2.75) is 14.7 Å². The molecule has 0 amide bonds. The molecule has 5 aromatic rings. The van der Waals surface area contributed by atoms with Crippen LogP contribution in [0.3, 0.4) is 0 Å². The third-order valence-electron chi connectivity index (χ3n) is 6.31. The van der Waals surface area contributed by atoms with E-state index in [2.05, 4.69) is 21.2 Å². The monoisotopic (exact) mass is 528 g/mol. The van der Waals surface area contributed by atoms with Crippen molar-refractivity contribution in [1.82, 2.24) is 19.4 Å². The number of para-hydroxylation sites is 1. The van der Waals surface area contributed by atoms with Gasteiger partial charge in [-0.3, -0.25) is 4.98 Å². The first-order valence-electron chi connectivity index (χ1n) is 11.5. The fourth-order valence-electron chi connectivity index (χ4n) is 4.45. The highest BCUT2D eigenvalue weighted by molar-refractivity contribution is 8.00. The van der Waals surface area contributed by atoms with Crippen LogP contribution < -0.4 is 4.90 Å². The van der Waals surface area contributed by atoms with Crippen LogP contribution >= 0.6 is 11.8 Å². The number of fused-ring (bicyclic) bond motifs is 2. The molecule has 9 nitrogen and oxygen atoms in total. The van der Waals surface area contributed by atoms with Gasteiger partial charge in [-0.05, 0) is 36.4 Å². The molecule has 0 aliphatic carbocycles. The first-order valence-corrected chi connectivity index (χ1v) is 13.8. The van der Waals surface area contributed by atoms with Crippen LogP contribution in [0.25, 0.3) is 21.8 Å². The SMILES string of the molecule is N#Cc1ccc(N2CCN(S(=O)(=O)c3c(Sc4cccc5cccnc45)ccc4nocc34)CC2)nc1. The first kappa shape index (κ1) is 23.4. The Kier molecular flexibility index (Phi) is 6.00. The van der Waals surface area contributed by atoms with Crippen molar-refractivity contribution in [3.05, 3.63) is 78.8 Å². The lowest BCUT2D eigenvalue weighted by atomic mass is 10.2. The maximum atomic E-state index is 14.1. The summed E-state index contributed by atoms with van der Waals surface area (Å²) in [6, 6.07) is 18.8. The summed E-state index contributed by atoms with van der Waals surface area (Å²) < 4.78 is 34.8. The summed E-state index contributed by atoms with van der Waals surface area (Å²) in [6.07, 6.45) is 4.65. The second-order valence-corrected chi connectivity index (χ2v) is 11.4. The van der Waals surface area contributed by atoms with Crippen molar-refractivity contribution in [3.8, 4) is 6.07 Å². The van der Waals surface area contributed by atoms with Crippen molar-refractivity contribution in [2.24, 2.45) is 0 Å². The van der Waals surface area contributed by atoms with Crippen LogP contribution in [-0.2, 0) is 10.0 Å². The van der Waals surface area contributed by atoms with Gasteiger partial charge in [0, 0.05) is 53.7 Å². The summed E-state index contributed by atoms with van der Waals surface area (Å²) in [4.78, 5) is 12.5. The Bertz CT molecular complexity index is 1750. The van der Waals surface area contributed by atoms with Crippen molar-refractivity contribution in [2.75, 3.05) is 31.1 Å². The second kappa shape index (κ2) is 9.48. The molecular formula is C26H20N6O3S2. The molecule has 2 aromatic carbocycles. The maximum absolute atomic E-state index is 14.1. The number of pyridine rings is 2. The fraction of sp³-hybridized carbons (Fsp3) is 0.154. The van der Waals surface area contributed by atoms with E-state index in [-0.39, 0.29) is 4.90 Å². The van der Waals surface area contributed by atoms with Gasteiger partial charge >= 0.3 is 0 Å². The summed E-state index contributed by atoms with van der Waals surface area (Å²) in [5.41, 5.74) is 1.78. The van der Waals surface area contributed by atoms with E-state index in [1.807, 2.05) is 35.2 Å². The van der Waals surface area contributed by atoms with Crippen LogP contribution in [0.4, 0.5) is 5.82 Å². The van der Waals surface area contributed by atoms with E-state index >= 15 is 0 Å². The Balaban J connectivity index is 1.33. The number of sulfonamides is 1. The summed E-state index contributed by atoms with van der Waals surface area (Å²) in [5, 5.41) is 14.4. The molecule has 3 aromatic heterocycles. The van der Waals surface area contributed by atoms with E-state index in [0.717, 1.165) is 21.6 Å². The van der Waals surface area contributed by atoms with Crippen LogP contribution in [-0.4, -0.2) is 54.0 Å². The fourth-order valence-corrected chi connectivity index (χ4v) is 7.53. The smallest absolute Gasteiger partial charge is 0.245 e. The molecule has 1 saturated heterocycles. The predicted octanol–water partition coefficient (Wildman–Crippen LogP) is 4.30. The molecule has 1 aliphatic rings. The number of piperazine rings is 1. The number of hydrogen-bond donors (Lipinski definition) is 0. The van der Waals surface area contributed by atoms with Crippen molar-refractivity contribution >= 4 is 49.4 Å². The molecule has 1 aliphatic heterocycles. The van der Waals surface area contributed by atoms with Gasteiger partial charge in [0.05, 0.1) is 16.5 Å². The molecule has 6 rings (SSSR count). The summed E-state index contributed by atoms with van der Waals surface area (Å²) in [6.45, 7) is 1.55. The number of nitrogens with zero attached hydrogens (tertiary/aromatic N) is 6. The van der Waals surface area contributed by atoms with Crippen molar-refractivity contribution in [3.63, 3.8) is 0 Å². The Labute approximate surface area is 217 Å². The highest BCUT2D eigenvalue weighted by Gasteiger charge is 2.33. The number of benzene rings is 2. The highest BCUT2D eigenvalue weighted by Crippen LogP contribution is 2.40. The van der Waals surface area contributed by atoms with Crippen LogP contribution in [0.15, 0.2) is 92.5 Å². The van der Waals surface area contributed by atoms with Gasteiger partial charge in [-0.25, -0.2) is 13.4 Å². The third-order valence-corrected chi connectivity index (χ3v) is 9.55. The molecule has 184 valence electrons. The van der Waals surface area contributed by atoms with Gasteiger partial charge in [-0.2, -0.15) is 9.57 Å². The van der Waals surface area contributed by atoms with E-state index in [1.165, 1.54) is 28.5 Å². The van der Waals surface area contributed by atoms with Gasteiger partial charge in [-0.15, -0.1) is 0 Å². The minimum absolute atomic E-state index is 0.189. The van der Waals surface area contributed by atoms with E-state index in [0.29, 0.717) is 47.5 Å². The normalized spacial score (nSPS) is 14.7. The zero-order valence-corrected chi connectivity index (χ0v) is 21.1. The van der Waals surface area contributed by atoms with E-state index < -0.39 is 10.0 Å². The van der Waals surface area contributed by atoms with Crippen molar-refractivity contribution in [1.29, 1.82) is 5.26 Å². The summed E-state index contributed by atoms with van der Waals surface area (Å²) in [7, 11) is -3.88. The molecule has 11 heteroatoms. The molecule has 0 N–H and O–H groups in total. The molecular weight excluding hydrogens is 508 g/mol. The Morgan fingerprint density at radius 1 is 0.946 bits per heavy atom. The predicted molar refractivity (Wildman–Crippen MR) is 140 cm³/mol. The average molecular weight is 529 g/mol. The number of nitriles is 1. The lowest BCUT2D eigenvalue weighted by Gasteiger charge is -2.35. The first-order chi connectivity index (χ1) is 18.0. The topological polar surface area (TPSA) is 116 Å². The van der Waals surface area contributed by atoms with Crippen LogP contribution in [0.2, 0.25) is 0 Å². The largest absolute Gasteiger partial charge is 0.363 e. The Hall–Kier alpha value is -3.98. The van der Waals surface area contributed by atoms with E-state index in [4.69, 9.17) is 9.78 Å². The third kappa shape index (κ3) is 4.29. The quantitative estimate of drug-likeness (QED) is 0.329. The zero-order chi connectivity index (χ0) is 25.4. The number of anilines is 1. The minimum atomic E-state index is -3.88. The highest BCUT2D eigenvalue weighted by atomic mass is 32.2. The van der Waals surface area contributed by atoms with Gasteiger partial charge in [0.1, 0.15) is 28.6 Å². The van der Waals surface area contributed by atoms with Gasteiger partial charge < -0.3 is 9.42 Å². The summed E-state index contributed by atoms with van der Waals surface area (Å²) >= 11 is 1.37. The second-order valence-electron chi connectivity index (χ2n) is 8.48. The lowest BCUT2D eigenvalue weighted by molar-refractivity contribution is 0.383. The summed E-state index contributed by atoms with van der Waals surface area (Å²) in [5.74, 6) is 0.719. The minimum Gasteiger partial charge on any atom is -0.363 e. The Morgan fingerprint density at radius 3 is 2.57 bits per heavy atom. The van der Waals surface area contributed by atoms with E-state index in [1.54, 1.807) is 30.5 Å². The zero-order valence-electron chi connectivity index (χ0n) is 19.5. The van der Waals surface area contributed by atoms with Crippen LogP contribution in [0.5, 0.6) is 0 Å².